The Morgan fingerprint density at radius 1 is 1.17 bits per heavy atom. The van der Waals surface area contributed by atoms with Gasteiger partial charge in [0.15, 0.2) is 0 Å². The van der Waals surface area contributed by atoms with Crippen molar-refractivity contribution in [2.75, 3.05) is 11.5 Å². The number of nitrogens with zero attached hydrogens (tertiary/aromatic N) is 6. The summed E-state index contributed by atoms with van der Waals surface area (Å²) in [7, 11) is 0. The summed E-state index contributed by atoms with van der Waals surface area (Å²) in [5, 5.41) is 8.19. The van der Waals surface area contributed by atoms with Gasteiger partial charge in [0.2, 0.25) is 5.95 Å². The molecule has 0 unspecified atom stereocenters. The van der Waals surface area contributed by atoms with Crippen molar-refractivity contribution in [2.45, 2.75) is 19.8 Å². The molecule has 3 heterocycles. The molecule has 0 saturated heterocycles. The molecule has 8 heteroatoms. The number of aryl methyl sites for hydroxylation is 1. The van der Waals surface area contributed by atoms with Crippen LogP contribution in [0.4, 0.5) is 11.8 Å². The lowest BCUT2D eigenvalue weighted by atomic mass is 10.1. The van der Waals surface area contributed by atoms with Gasteiger partial charge in [-0.25, -0.2) is 9.67 Å². The summed E-state index contributed by atoms with van der Waals surface area (Å²) in [6.07, 6.45) is 6.35. The Morgan fingerprint density at radius 3 is 2.71 bits per heavy atom. The van der Waals surface area contributed by atoms with Crippen molar-refractivity contribution >= 4 is 11.8 Å². The van der Waals surface area contributed by atoms with Crippen LogP contribution in [0.15, 0.2) is 30.7 Å². The Labute approximate surface area is 139 Å². The SMILES string of the molecule is CCc1nc(N)nc(N)c1C#CCc1cn(-c2ccncc2)nn1. The highest BCUT2D eigenvalue weighted by Crippen LogP contribution is 2.14. The quantitative estimate of drug-likeness (QED) is 0.684. The molecule has 3 rings (SSSR count). The first-order chi connectivity index (χ1) is 11.7. The van der Waals surface area contributed by atoms with Gasteiger partial charge in [0.25, 0.3) is 0 Å². The average molecular weight is 320 g/mol. The first-order valence-corrected chi connectivity index (χ1v) is 7.39. The Morgan fingerprint density at radius 2 is 1.96 bits per heavy atom. The second kappa shape index (κ2) is 6.75. The molecule has 3 aromatic heterocycles. The Balaban J connectivity index is 1.79. The molecule has 4 N–H and O–H groups in total. The van der Waals surface area contributed by atoms with E-state index in [-0.39, 0.29) is 5.95 Å². The molecule has 0 aromatic carbocycles. The summed E-state index contributed by atoms with van der Waals surface area (Å²) in [6.45, 7) is 1.96. The smallest absolute Gasteiger partial charge is 0.222 e. The summed E-state index contributed by atoms with van der Waals surface area (Å²) >= 11 is 0. The zero-order chi connectivity index (χ0) is 16.9. The number of rotatable bonds is 3. The fourth-order valence-corrected chi connectivity index (χ4v) is 2.16. The third-order valence-corrected chi connectivity index (χ3v) is 3.32. The highest BCUT2D eigenvalue weighted by molar-refractivity contribution is 5.55. The van der Waals surface area contributed by atoms with Crippen LogP contribution in [0.1, 0.15) is 23.9 Å². The van der Waals surface area contributed by atoms with Crippen LogP contribution in [0.2, 0.25) is 0 Å². The van der Waals surface area contributed by atoms with E-state index in [1.807, 2.05) is 25.3 Å². The predicted molar refractivity (Wildman–Crippen MR) is 90.0 cm³/mol. The number of hydrogen-bond acceptors (Lipinski definition) is 7. The van der Waals surface area contributed by atoms with Gasteiger partial charge in [-0.1, -0.05) is 24.0 Å². The third kappa shape index (κ3) is 3.30. The van der Waals surface area contributed by atoms with Crippen LogP contribution in [0.3, 0.4) is 0 Å². The Kier molecular flexibility index (Phi) is 4.34. The van der Waals surface area contributed by atoms with E-state index in [1.54, 1.807) is 17.1 Å². The highest BCUT2D eigenvalue weighted by Gasteiger charge is 2.07. The lowest BCUT2D eigenvalue weighted by Crippen LogP contribution is -2.06. The third-order valence-electron chi connectivity index (χ3n) is 3.32. The summed E-state index contributed by atoms with van der Waals surface area (Å²) < 4.78 is 1.68. The minimum Gasteiger partial charge on any atom is -0.382 e. The topological polar surface area (TPSA) is 121 Å². The largest absolute Gasteiger partial charge is 0.382 e. The lowest BCUT2D eigenvalue weighted by molar-refractivity contribution is 0.798. The number of aromatic nitrogens is 6. The van der Waals surface area contributed by atoms with E-state index < -0.39 is 0 Å². The fraction of sp³-hybridized carbons (Fsp3) is 0.188. The van der Waals surface area contributed by atoms with Crippen LogP contribution in [-0.4, -0.2) is 29.9 Å². The molecule has 0 atom stereocenters. The van der Waals surface area contributed by atoms with E-state index in [9.17, 15) is 0 Å². The number of nitrogens with two attached hydrogens (primary N) is 2. The summed E-state index contributed by atoms with van der Waals surface area (Å²) in [4.78, 5) is 12.1. The molecule has 3 aromatic rings. The number of hydrogen-bond donors (Lipinski definition) is 2. The molecular formula is C16H16N8. The molecule has 0 amide bonds. The Bertz CT molecular complexity index is 905. The second-order valence-electron chi connectivity index (χ2n) is 4.98. The van der Waals surface area contributed by atoms with Crippen molar-refractivity contribution in [2.24, 2.45) is 0 Å². The molecule has 0 spiro atoms. The minimum atomic E-state index is 0.162. The first-order valence-electron chi connectivity index (χ1n) is 7.39. The zero-order valence-electron chi connectivity index (χ0n) is 13.1. The average Bonchev–Trinajstić information content (AvgIpc) is 3.06. The lowest BCUT2D eigenvalue weighted by Gasteiger charge is -2.04. The van der Waals surface area contributed by atoms with Crippen LogP contribution in [-0.2, 0) is 12.8 Å². The second-order valence-corrected chi connectivity index (χ2v) is 4.98. The number of nitrogen functional groups attached to an aromatic ring is 2. The minimum absolute atomic E-state index is 0.162. The van der Waals surface area contributed by atoms with Gasteiger partial charge in [-0.05, 0) is 18.6 Å². The summed E-state index contributed by atoms with van der Waals surface area (Å²) in [5.74, 6) is 6.51. The van der Waals surface area contributed by atoms with Gasteiger partial charge in [-0.2, -0.15) is 4.98 Å². The fourth-order valence-electron chi connectivity index (χ4n) is 2.16. The normalized spacial score (nSPS) is 10.2. The van der Waals surface area contributed by atoms with E-state index in [2.05, 4.69) is 37.1 Å². The van der Waals surface area contributed by atoms with E-state index in [1.165, 1.54) is 0 Å². The maximum Gasteiger partial charge on any atom is 0.222 e. The van der Waals surface area contributed by atoms with Crippen molar-refractivity contribution in [1.29, 1.82) is 0 Å². The molecule has 0 aliphatic rings. The van der Waals surface area contributed by atoms with Crippen LogP contribution >= 0.6 is 0 Å². The predicted octanol–water partition coefficient (Wildman–Crippen LogP) is 0.773. The molecule has 8 nitrogen and oxygen atoms in total. The van der Waals surface area contributed by atoms with Crippen LogP contribution in [0, 0.1) is 11.8 Å². The molecule has 0 bridgehead atoms. The van der Waals surface area contributed by atoms with Gasteiger partial charge in [-0.15, -0.1) is 5.10 Å². The van der Waals surface area contributed by atoms with Crippen molar-refractivity contribution in [3.05, 3.63) is 47.7 Å². The van der Waals surface area contributed by atoms with E-state index in [0.717, 1.165) is 17.1 Å². The number of pyridine rings is 1. The molecule has 24 heavy (non-hydrogen) atoms. The molecule has 0 fully saturated rings. The maximum absolute atomic E-state index is 5.89. The standard InChI is InChI=1S/C16H16N8/c1-2-14-13(15(17)21-16(18)20-14)5-3-4-11-10-24(23-22-11)12-6-8-19-9-7-12/h6-10H,2,4H2,1H3,(H4,17,18,20,21). The van der Waals surface area contributed by atoms with Gasteiger partial charge in [0, 0.05) is 12.4 Å². The van der Waals surface area contributed by atoms with E-state index >= 15 is 0 Å². The van der Waals surface area contributed by atoms with Crippen molar-refractivity contribution in [3.8, 4) is 17.5 Å². The molecular weight excluding hydrogens is 304 g/mol. The monoisotopic (exact) mass is 320 g/mol. The molecule has 120 valence electrons. The summed E-state index contributed by atoms with van der Waals surface area (Å²) in [6, 6.07) is 3.70. The van der Waals surface area contributed by atoms with Crippen molar-refractivity contribution in [3.63, 3.8) is 0 Å². The van der Waals surface area contributed by atoms with E-state index in [0.29, 0.717) is 24.2 Å². The van der Waals surface area contributed by atoms with Crippen molar-refractivity contribution in [1.82, 2.24) is 29.9 Å². The molecule has 0 aliphatic carbocycles. The number of anilines is 2. The van der Waals surface area contributed by atoms with Crippen LogP contribution < -0.4 is 11.5 Å². The van der Waals surface area contributed by atoms with Crippen LogP contribution in [0.5, 0.6) is 0 Å². The molecule has 0 saturated carbocycles. The van der Waals surface area contributed by atoms with Crippen LogP contribution in [0.25, 0.3) is 5.69 Å². The van der Waals surface area contributed by atoms with Gasteiger partial charge >= 0.3 is 0 Å². The zero-order valence-corrected chi connectivity index (χ0v) is 13.1. The Hall–Kier alpha value is -3.47. The van der Waals surface area contributed by atoms with Crippen molar-refractivity contribution < 1.29 is 0 Å². The van der Waals surface area contributed by atoms with Gasteiger partial charge in [-0.3, -0.25) is 4.98 Å². The van der Waals surface area contributed by atoms with Gasteiger partial charge < -0.3 is 11.5 Å². The maximum atomic E-state index is 5.89. The van der Waals surface area contributed by atoms with E-state index in [4.69, 9.17) is 11.5 Å². The summed E-state index contributed by atoms with van der Waals surface area (Å²) in [5.41, 5.74) is 14.5. The van der Waals surface area contributed by atoms with Gasteiger partial charge in [0.1, 0.15) is 5.82 Å². The first kappa shape index (κ1) is 15.4. The highest BCUT2D eigenvalue weighted by atomic mass is 15.4. The molecule has 0 aliphatic heterocycles. The molecule has 0 radical (unpaired) electrons. The van der Waals surface area contributed by atoms with Gasteiger partial charge in [0.05, 0.1) is 35.3 Å².